The maximum absolute atomic E-state index is 11.4. The van der Waals surface area contributed by atoms with E-state index in [2.05, 4.69) is 15.6 Å². The Morgan fingerprint density at radius 1 is 1.42 bits per heavy atom. The van der Waals surface area contributed by atoms with Gasteiger partial charge in [-0.2, -0.15) is 0 Å². The summed E-state index contributed by atoms with van der Waals surface area (Å²) in [5.74, 6) is 1.17. The van der Waals surface area contributed by atoms with Crippen LogP contribution in [0.2, 0.25) is 0 Å². The van der Waals surface area contributed by atoms with Crippen molar-refractivity contribution in [1.82, 2.24) is 10.6 Å². The SMILES string of the molecule is CCNC(=NCC1CCCO1)NC1CCS(=O)(=O)C1. The van der Waals surface area contributed by atoms with E-state index in [1.165, 1.54) is 0 Å². The fourth-order valence-corrected chi connectivity index (χ4v) is 4.08. The van der Waals surface area contributed by atoms with Crippen molar-refractivity contribution in [2.45, 2.75) is 38.3 Å². The third-order valence-corrected chi connectivity index (χ3v) is 5.16. The monoisotopic (exact) mass is 289 g/mol. The quantitative estimate of drug-likeness (QED) is 0.558. The van der Waals surface area contributed by atoms with Crippen LogP contribution < -0.4 is 10.6 Å². The first-order valence-electron chi connectivity index (χ1n) is 6.96. The minimum atomic E-state index is -2.86. The van der Waals surface area contributed by atoms with Crippen LogP contribution in [0.4, 0.5) is 0 Å². The molecule has 0 aliphatic carbocycles. The predicted octanol–water partition coefficient (Wildman–Crippen LogP) is -0.0924. The number of guanidine groups is 1. The van der Waals surface area contributed by atoms with Crippen molar-refractivity contribution in [3.05, 3.63) is 0 Å². The van der Waals surface area contributed by atoms with Crippen LogP contribution in [-0.2, 0) is 14.6 Å². The molecule has 2 rings (SSSR count). The van der Waals surface area contributed by atoms with Crippen LogP contribution in [0, 0.1) is 0 Å². The van der Waals surface area contributed by atoms with Gasteiger partial charge in [-0.1, -0.05) is 0 Å². The lowest BCUT2D eigenvalue weighted by atomic mass is 10.2. The van der Waals surface area contributed by atoms with Gasteiger partial charge < -0.3 is 15.4 Å². The summed E-state index contributed by atoms with van der Waals surface area (Å²) < 4.78 is 28.4. The molecule has 2 heterocycles. The topological polar surface area (TPSA) is 79.8 Å². The van der Waals surface area contributed by atoms with E-state index in [0.29, 0.717) is 18.9 Å². The predicted molar refractivity (Wildman–Crippen MR) is 75.1 cm³/mol. The highest BCUT2D eigenvalue weighted by atomic mass is 32.2. The summed E-state index contributed by atoms with van der Waals surface area (Å²) in [4.78, 5) is 4.48. The number of sulfone groups is 1. The van der Waals surface area contributed by atoms with Crippen LogP contribution in [0.15, 0.2) is 4.99 Å². The maximum atomic E-state index is 11.4. The van der Waals surface area contributed by atoms with E-state index in [9.17, 15) is 8.42 Å². The van der Waals surface area contributed by atoms with Crippen molar-refractivity contribution < 1.29 is 13.2 Å². The molecule has 0 spiro atoms. The third kappa shape index (κ3) is 4.65. The zero-order valence-electron chi connectivity index (χ0n) is 11.4. The van der Waals surface area contributed by atoms with E-state index in [-0.39, 0.29) is 23.7 Å². The Morgan fingerprint density at radius 2 is 2.26 bits per heavy atom. The number of hydrogen-bond donors (Lipinski definition) is 2. The molecule has 19 heavy (non-hydrogen) atoms. The van der Waals surface area contributed by atoms with Crippen molar-refractivity contribution in [2.75, 3.05) is 31.2 Å². The fourth-order valence-electron chi connectivity index (χ4n) is 2.40. The van der Waals surface area contributed by atoms with Gasteiger partial charge in [-0.3, -0.25) is 4.99 Å². The first-order chi connectivity index (χ1) is 9.09. The van der Waals surface area contributed by atoms with E-state index < -0.39 is 9.84 Å². The minimum absolute atomic E-state index is 0.0210. The van der Waals surface area contributed by atoms with Gasteiger partial charge in [-0.25, -0.2) is 8.42 Å². The van der Waals surface area contributed by atoms with Crippen LogP contribution in [0.3, 0.4) is 0 Å². The number of nitrogens with zero attached hydrogens (tertiary/aromatic N) is 1. The molecular weight excluding hydrogens is 266 g/mol. The zero-order valence-corrected chi connectivity index (χ0v) is 12.2. The molecule has 7 heteroatoms. The van der Waals surface area contributed by atoms with Gasteiger partial charge >= 0.3 is 0 Å². The van der Waals surface area contributed by atoms with Gasteiger partial charge in [0.05, 0.1) is 24.2 Å². The van der Waals surface area contributed by atoms with Gasteiger partial charge in [0.25, 0.3) is 0 Å². The van der Waals surface area contributed by atoms with Crippen LogP contribution >= 0.6 is 0 Å². The molecule has 2 aliphatic rings. The number of rotatable bonds is 4. The van der Waals surface area contributed by atoms with Crippen LogP contribution in [-0.4, -0.2) is 57.7 Å². The Morgan fingerprint density at radius 3 is 2.84 bits per heavy atom. The van der Waals surface area contributed by atoms with Crippen LogP contribution in [0.1, 0.15) is 26.2 Å². The Bertz CT molecular complexity index is 416. The van der Waals surface area contributed by atoms with E-state index in [1.807, 2.05) is 6.92 Å². The Kier molecular flexibility index (Phi) is 5.04. The van der Waals surface area contributed by atoms with E-state index in [4.69, 9.17) is 4.74 Å². The second-order valence-corrected chi connectivity index (χ2v) is 7.33. The Balaban J connectivity index is 1.86. The smallest absolute Gasteiger partial charge is 0.191 e. The molecule has 2 aliphatic heterocycles. The number of aliphatic imine (C=N–C) groups is 1. The minimum Gasteiger partial charge on any atom is -0.376 e. The molecule has 2 saturated heterocycles. The average Bonchev–Trinajstić information content (AvgIpc) is 2.96. The molecule has 2 N–H and O–H groups in total. The van der Waals surface area contributed by atoms with Crippen LogP contribution in [0.5, 0.6) is 0 Å². The van der Waals surface area contributed by atoms with Crippen LogP contribution in [0.25, 0.3) is 0 Å². The second-order valence-electron chi connectivity index (χ2n) is 5.10. The van der Waals surface area contributed by atoms with Crippen molar-refractivity contribution in [1.29, 1.82) is 0 Å². The fraction of sp³-hybridized carbons (Fsp3) is 0.917. The summed E-state index contributed by atoms with van der Waals surface area (Å²) in [7, 11) is -2.86. The van der Waals surface area contributed by atoms with E-state index in [0.717, 1.165) is 26.0 Å². The lowest BCUT2D eigenvalue weighted by Gasteiger charge is -2.16. The van der Waals surface area contributed by atoms with E-state index >= 15 is 0 Å². The van der Waals surface area contributed by atoms with Crippen molar-refractivity contribution >= 4 is 15.8 Å². The van der Waals surface area contributed by atoms with Crippen molar-refractivity contribution in [3.8, 4) is 0 Å². The molecule has 2 fully saturated rings. The largest absolute Gasteiger partial charge is 0.376 e. The maximum Gasteiger partial charge on any atom is 0.191 e. The normalized spacial score (nSPS) is 30.5. The molecule has 0 aromatic heterocycles. The molecule has 0 aromatic rings. The first-order valence-corrected chi connectivity index (χ1v) is 8.78. The molecule has 0 amide bonds. The lowest BCUT2D eigenvalue weighted by molar-refractivity contribution is 0.117. The summed E-state index contributed by atoms with van der Waals surface area (Å²) in [6, 6.07) is -0.0210. The summed E-state index contributed by atoms with van der Waals surface area (Å²) >= 11 is 0. The second kappa shape index (κ2) is 6.56. The molecule has 110 valence electrons. The third-order valence-electron chi connectivity index (χ3n) is 3.39. The molecule has 0 saturated carbocycles. The molecule has 6 nitrogen and oxygen atoms in total. The Labute approximate surface area is 114 Å². The summed E-state index contributed by atoms with van der Waals surface area (Å²) in [5.41, 5.74) is 0. The zero-order chi connectivity index (χ0) is 13.7. The molecule has 2 atom stereocenters. The summed E-state index contributed by atoms with van der Waals surface area (Å²) in [5, 5.41) is 6.35. The summed E-state index contributed by atoms with van der Waals surface area (Å²) in [6.07, 6.45) is 3.03. The number of hydrogen-bond acceptors (Lipinski definition) is 4. The van der Waals surface area contributed by atoms with Gasteiger partial charge in [-0.05, 0) is 26.2 Å². The highest BCUT2D eigenvalue weighted by Gasteiger charge is 2.28. The number of ether oxygens (including phenoxy) is 1. The van der Waals surface area contributed by atoms with E-state index in [1.54, 1.807) is 0 Å². The molecule has 0 bridgehead atoms. The highest BCUT2D eigenvalue weighted by molar-refractivity contribution is 7.91. The number of nitrogens with one attached hydrogen (secondary N) is 2. The standard InChI is InChI=1S/C12H23N3O3S/c1-2-13-12(14-8-11-4-3-6-18-11)15-10-5-7-19(16,17)9-10/h10-11H,2-9H2,1H3,(H2,13,14,15). The van der Waals surface area contributed by atoms with Gasteiger partial charge in [0.1, 0.15) is 0 Å². The molecule has 0 aromatic carbocycles. The van der Waals surface area contributed by atoms with Gasteiger partial charge in [0, 0.05) is 19.2 Å². The first kappa shape index (κ1) is 14.6. The van der Waals surface area contributed by atoms with Crippen molar-refractivity contribution in [3.63, 3.8) is 0 Å². The summed E-state index contributed by atoms with van der Waals surface area (Å²) in [6.45, 7) is 4.21. The van der Waals surface area contributed by atoms with Gasteiger partial charge in [0.15, 0.2) is 15.8 Å². The molecule has 2 unspecified atom stereocenters. The Hall–Kier alpha value is -0.820. The highest BCUT2D eigenvalue weighted by Crippen LogP contribution is 2.13. The van der Waals surface area contributed by atoms with Gasteiger partial charge in [-0.15, -0.1) is 0 Å². The van der Waals surface area contributed by atoms with Gasteiger partial charge in [0.2, 0.25) is 0 Å². The lowest BCUT2D eigenvalue weighted by Crippen LogP contribution is -2.44. The van der Waals surface area contributed by atoms with Crippen molar-refractivity contribution in [2.24, 2.45) is 4.99 Å². The average molecular weight is 289 g/mol. The molecular formula is C12H23N3O3S. The molecule has 0 radical (unpaired) electrons.